The van der Waals surface area contributed by atoms with Gasteiger partial charge in [-0.15, -0.1) is 0 Å². The van der Waals surface area contributed by atoms with E-state index in [0.29, 0.717) is 6.61 Å². The zero-order valence-electron chi connectivity index (χ0n) is 31.4. The quantitative estimate of drug-likeness (QED) is 0.185. The molecular weight excluding hydrogens is 684 g/mol. The van der Waals surface area contributed by atoms with Crippen molar-refractivity contribution in [1.82, 2.24) is 0 Å². The van der Waals surface area contributed by atoms with Crippen LogP contribution in [0.4, 0.5) is 0 Å². The molecule has 0 unspecified atom stereocenters. The molecule has 3 heterocycles. The molecule has 3 aromatic carbocycles. The smallest absolute Gasteiger partial charge is 0.187 e. The lowest BCUT2D eigenvalue weighted by atomic mass is 9.97. The van der Waals surface area contributed by atoms with E-state index >= 15 is 0 Å². The minimum Gasteiger partial charge on any atom is -0.387 e. The molecular formula is C41H54O12. The first-order valence-corrected chi connectivity index (χ1v) is 18.2. The van der Waals surface area contributed by atoms with Crippen LogP contribution >= 0.6 is 0 Å². The van der Waals surface area contributed by atoms with E-state index in [9.17, 15) is 5.11 Å². The molecule has 0 aromatic heterocycles. The zero-order valence-corrected chi connectivity index (χ0v) is 31.4. The molecule has 0 bridgehead atoms. The van der Waals surface area contributed by atoms with Crippen LogP contribution in [0.3, 0.4) is 0 Å². The van der Waals surface area contributed by atoms with Gasteiger partial charge >= 0.3 is 0 Å². The van der Waals surface area contributed by atoms with Crippen LogP contribution in [0.1, 0.15) is 44.4 Å². The summed E-state index contributed by atoms with van der Waals surface area (Å²) >= 11 is 0. The normalized spacial score (nSPS) is 30.1. The van der Waals surface area contributed by atoms with Crippen molar-refractivity contribution in [2.24, 2.45) is 0 Å². The monoisotopic (exact) mass is 738 g/mol. The summed E-state index contributed by atoms with van der Waals surface area (Å²) < 4.78 is 69.7. The number of ether oxygens (including phenoxy) is 11. The highest BCUT2D eigenvalue weighted by Gasteiger charge is 2.56. The highest BCUT2D eigenvalue weighted by molar-refractivity contribution is 5.15. The second-order valence-corrected chi connectivity index (χ2v) is 14.4. The van der Waals surface area contributed by atoms with Gasteiger partial charge in [0.2, 0.25) is 0 Å². The molecule has 6 rings (SSSR count). The zero-order chi connectivity index (χ0) is 37.4. The summed E-state index contributed by atoms with van der Waals surface area (Å²) in [6.07, 6.45) is -8.62. The maximum atomic E-state index is 12.0. The van der Waals surface area contributed by atoms with Crippen LogP contribution < -0.4 is 0 Å². The van der Waals surface area contributed by atoms with Gasteiger partial charge in [-0.3, -0.25) is 0 Å². The third kappa shape index (κ3) is 10.5. The third-order valence-corrected chi connectivity index (χ3v) is 9.49. The van der Waals surface area contributed by atoms with E-state index in [1.165, 1.54) is 0 Å². The summed E-state index contributed by atoms with van der Waals surface area (Å²) in [6, 6.07) is 29.4. The van der Waals surface area contributed by atoms with Crippen LogP contribution in [0.2, 0.25) is 0 Å². The van der Waals surface area contributed by atoms with Crippen molar-refractivity contribution in [3.63, 3.8) is 0 Å². The maximum absolute atomic E-state index is 12.0. The van der Waals surface area contributed by atoms with E-state index < -0.39 is 73.0 Å². The first-order valence-electron chi connectivity index (χ1n) is 18.2. The minimum atomic E-state index is -1.14. The van der Waals surface area contributed by atoms with Gasteiger partial charge in [-0.05, 0) is 44.4 Å². The van der Waals surface area contributed by atoms with E-state index in [1.54, 1.807) is 14.2 Å². The Morgan fingerprint density at radius 3 is 1.74 bits per heavy atom. The Kier molecular flexibility index (Phi) is 13.7. The van der Waals surface area contributed by atoms with Crippen LogP contribution in [0.25, 0.3) is 0 Å². The van der Waals surface area contributed by atoms with Gasteiger partial charge < -0.3 is 57.2 Å². The predicted octanol–water partition coefficient (Wildman–Crippen LogP) is 5.14. The molecule has 53 heavy (non-hydrogen) atoms. The molecule has 3 aliphatic rings. The van der Waals surface area contributed by atoms with Crippen LogP contribution in [0.5, 0.6) is 0 Å². The standard InChI is InChI=1S/C41H54O12/c1-40(2)48-26-31(51-40)33(35-37(38(43-5)44-6)53-41(3,4)52-35)50-39-36(47-24-29-20-14-9-15-21-29)34(46-23-28-18-12-8-13-19-28)32(42)30(49-39)25-45-22-27-16-10-7-11-17-27/h7-21,30-39,42H,22-26H2,1-6H3/t30-,31-,32+,33-,34+,35+,36+,37-,39+/m1/s1. The molecule has 3 saturated heterocycles. The van der Waals surface area contributed by atoms with Crippen molar-refractivity contribution in [2.75, 3.05) is 27.4 Å². The number of aliphatic hydroxyl groups excluding tert-OH is 1. The van der Waals surface area contributed by atoms with Gasteiger partial charge in [-0.25, -0.2) is 0 Å². The van der Waals surface area contributed by atoms with Crippen LogP contribution in [-0.2, 0) is 71.9 Å². The molecule has 12 nitrogen and oxygen atoms in total. The maximum Gasteiger partial charge on any atom is 0.187 e. The summed E-state index contributed by atoms with van der Waals surface area (Å²) in [5.74, 6) is -1.90. The number of benzene rings is 3. The van der Waals surface area contributed by atoms with Crippen molar-refractivity contribution in [3.05, 3.63) is 108 Å². The lowest BCUT2D eigenvalue weighted by Crippen LogP contribution is -2.63. The van der Waals surface area contributed by atoms with Crippen LogP contribution in [-0.4, -0.2) is 106 Å². The van der Waals surface area contributed by atoms with Gasteiger partial charge in [0.1, 0.15) is 48.8 Å². The molecule has 0 amide bonds. The number of hydrogen-bond donors (Lipinski definition) is 1. The number of aliphatic hydroxyl groups is 1. The molecule has 0 spiro atoms. The molecule has 3 aliphatic heterocycles. The molecule has 0 aliphatic carbocycles. The van der Waals surface area contributed by atoms with Crippen LogP contribution in [0, 0.1) is 0 Å². The minimum absolute atomic E-state index is 0.0569. The van der Waals surface area contributed by atoms with Gasteiger partial charge in [0.15, 0.2) is 24.2 Å². The van der Waals surface area contributed by atoms with Gasteiger partial charge in [-0.1, -0.05) is 91.0 Å². The van der Waals surface area contributed by atoms with Crippen molar-refractivity contribution >= 4 is 0 Å². The number of hydrogen-bond acceptors (Lipinski definition) is 12. The lowest BCUT2D eigenvalue weighted by Gasteiger charge is -2.46. The van der Waals surface area contributed by atoms with E-state index in [4.69, 9.17) is 52.1 Å². The van der Waals surface area contributed by atoms with E-state index in [1.807, 2.05) is 119 Å². The first kappa shape index (κ1) is 39.9. The summed E-state index contributed by atoms with van der Waals surface area (Å²) in [7, 11) is 3.09. The fourth-order valence-corrected chi connectivity index (χ4v) is 6.96. The molecule has 3 aromatic rings. The summed E-state index contributed by atoms with van der Waals surface area (Å²) in [6.45, 7) is 8.34. The SMILES string of the molecule is COC(OC)[C@@H]1OC(C)(C)O[C@H]1[C@H](O[C@@H]1O[C@H](COCc2ccccc2)[C@H](O)[C@H](OCc2ccccc2)[C@@H]1OCc1ccccc1)[C@H]1COC(C)(C)O1. The third-order valence-electron chi connectivity index (χ3n) is 9.49. The average Bonchev–Trinajstić information content (AvgIpc) is 3.69. The topological polar surface area (TPSA) is 122 Å². The van der Waals surface area contributed by atoms with E-state index in [-0.39, 0.29) is 26.4 Å². The lowest BCUT2D eigenvalue weighted by molar-refractivity contribution is -0.343. The Balaban J connectivity index is 1.34. The van der Waals surface area contributed by atoms with Gasteiger partial charge in [0.25, 0.3) is 0 Å². The fourth-order valence-electron chi connectivity index (χ4n) is 6.96. The fraction of sp³-hybridized carbons (Fsp3) is 0.561. The Morgan fingerprint density at radius 1 is 0.679 bits per heavy atom. The molecule has 9 atom stereocenters. The Hall–Kier alpha value is -2.82. The van der Waals surface area contributed by atoms with Crippen molar-refractivity contribution < 1.29 is 57.2 Å². The molecule has 1 N–H and O–H groups in total. The van der Waals surface area contributed by atoms with E-state index in [2.05, 4.69) is 0 Å². The average molecular weight is 739 g/mol. The molecule has 3 fully saturated rings. The Labute approximate surface area is 312 Å². The second-order valence-electron chi connectivity index (χ2n) is 14.4. The molecule has 290 valence electrons. The molecule has 0 radical (unpaired) electrons. The van der Waals surface area contributed by atoms with Gasteiger partial charge in [0, 0.05) is 14.2 Å². The van der Waals surface area contributed by atoms with E-state index in [0.717, 1.165) is 16.7 Å². The highest BCUT2D eigenvalue weighted by Crippen LogP contribution is 2.39. The van der Waals surface area contributed by atoms with Gasteiger partial charge in [-0.2, -0.15) is 0 Å². The summed E-state index contributed by atoms with van der Waals surface area (Å²) in [4.78, 5) is 0. The number of rotatable bonds is 17. The van der Waals surface area contributed by atoms with Crippen molar-refractivity contribution in [2.45, 2.75) is 121 Å². The van der Waals surface area contributed by atoms with Crippen molar-refractivity contribution in [3.8, 4) is 0 Å². The van der Waals surface area contributed by atoms with Crippen LogP contribution in [0.15, 0.2) is 91.0 Å². The first-order chi connectivity index (χ1) is 25.6. The predicted molar refractivity (Wildman–Crippen MR) is 192 cm³/mol. The second kappa shape index (κ2) is 18.2. The van der Waals surface area contributed by atoms with Crippen molar-refractivity contribution in [1.29, 1.82) is 0 Å². The largest absolute Gasteiger partial charge is 0.387 e. The molecule has 0 saturated carbocycles. The molecule has 12 heteroatoms. The Bertz CT molecular complexity index is 1510. The number of methoxy groups -OCH3 is 2. The highest BCUT2D eigenvalue weighted by atomic mass is 16.8. The van der Waals surface area contributed by atoms with Gasteiger partial charge in [0.05, 0.1) is 33.0 Å². The summed E-state index contributed by atoms with van der Waals surface area (Å²) in [5.41, 5.74) is 2.86. The Morgan fingerprint density at radius 2 is 1.21 bits per heavy atom. The summed E-state index contributed by atoms with van der Waals surface area (Å²) in [5, 5.41) is 12.0.